The van der Waals surface area contributed by atoms with Crippen molar-refractivity contribution >= 4 is 28.2 Å². The van der Waals surface area contributed by atoms with Crippen LogP contribution in [-0.2, 0) is 6.42 Å². The Balaban J connectivity index is 1.64. The summed E-state index contributed by atoms with van der Waals surface area (Å²) in [5.41, 5.74) is 7.10. The predicted molar refractivity (Wildman–Crippen MR) is 140 cm³/mol. The van der Waals surface area contributed by atoms with Gasteiger partial charge in [0, 0.05) is 34.6 Å². The van der Waals surface area contributed by atoms with Gasteiger partial charge in [-0.15, -0.1) is 0 Å². The Hall–Kier alpha value is -4.99. The van der Waals surface area contributed by atoms with Gasteiger partial charge in [-0.3, -0.25) is 0 Å². The van der Waals surface area contributed by atoms with Crippen LogP contribution in [0.2, 0.25) is 0 Å². The molecule has 0 amide bonds. The number of imidazole rings is 1. The van der Waals surface area contributed by atoms with E-state index in [-0.39, 0.29) is 22.6 Å². The van der Waals surface area contributed by atoms with E-state index in [1.54, 1.807) is 30.5 Å². The Bertz CT molecular complexity index is 1690. The number of aromatic amines is 1. The minimum atomic E-state index is -1.44. The lowest BCUT2D eigenvalue weighted by atomic mass is 9.99. The highest BCUT2D eigenvalue weighted by Crippen LogP contribution is 2.35. The van der Waals surface area contributed by atoms with Gasteiger partial charge in [0.25, 0.3) is 0 Å². The second kappa shape index (κ2) is 9.81. The smallest absolute Gasteiger partial charge is 0.339 e. The number of aryl methyl sites for hydroxylation is 1. The van der Waals surface area contributed by atoms with E-state index in [1.807, 2.05) is 13.0 Å². The molecule has 5 aromatic rings. The number of halogens is 2. The second-order valence-corrected chi connectivity index (χ2v) is 8.72. The van der Waals surface area contributed by atoms with Crippen LogP contribution in [0.3, 0.4) is 0 Å². The topological polar surface area (TPSA) is 137 Å². The highest BCUT2D eigenvalue weighted by Gasteiger charge is 2.26. The van der Waals surface area contributed by atoms with E-state index in [4.69, 9.17) is 5.73 Å². The van der Waals surface area contributed by atoms with Crippen LogP contribution >= 0.6 is 0 Å². The number of benzene rings is 3. The van der Waals surface area contributed by atoms with Crippen molar-refractivity contribution in [2.45, 2.75) is 19.4 Å². The van der Waals surface area contributed by atoms with Crippen LogP contribution in [0.4, 0.5) is 20.3 Å². The molecule has 10 heteroatoms. The number of fused-ring (bicyclic) bond motifs is 1. The second-order valence-electron chi connectivity index (χ2n) is 8.72. The molecule has 3 aromatic carbocycles. The average Bonchev–Trinajstić information content (AvgIpc) is 3.38. The number of hydrogen-bond donors (Lipinski definition) is 5. The number of aromatic carboxylic acids is 1. The van der Waals surface area contributed by atoms with Crippen LogP contribution < -0.4 is 11.1 Å². The number of carbonyl (C=O) groups is 1. The number of aromatic hydroxyl groups is 1. The molecular formula is C28H23F2N5O3. The maximum absolute atomic E-state index is 15.3. The Morgan fingerprint density at radius 2 is 1.97 bits per heavy atom. The van der Waals surface area contributed by atoms with Gasteiger partial charge in [0.2, 0.25) is 0 Å². The largest absolute Gasteiger partial charge is 0.505 e. The van der Waals surface area contributed by atoms with Gasteiger partial charge in [-0.25, -0.2) is 23.5 Å². The summed E-state index contributed by atoms with van der Waals surface area (Å²) in [7, 11) is 0. The van der Waals surface area contributed by atoms with Crippen LogP contribution in [0, 0.1) is 11.6 Å². The van der Waals surface area contributed by atoms with Crippen molar-refractivity contribution < 1.29 is 23.8 Å². The van der Waals surface area contributed by atoms with Crippen molar-refractivity contribution in [3.05, 3.63) is 101 Å². The summed E-state index contributed by atoms with van der Waals surface area (Å²) in [5.74, 6) is -3.07. The van der Waals surface area contributed by atoms with Crippen LogP contribution in [0.15, 0.2) is 67.0 Å². The number of nitrogen functional groups attached to an aromatic ring is 1. The highest BCUT2D eigenvalue weighted by molar-refractivity contribution is 5.96. The number of phenolic OH excluding ortho intramolecular Hbond substituents is 1. The molecule has 0 aliphatic heterocycles. The van der Waals surface area contributed by atoms with Gasteiger partial charge < -0.3 is 26.2 Å². The number of H-pyrrole nitrogens is 1. The SMILES string of the molecule is CCc1cc(O)c(F)c(C(Nc2ccc3c(N)nccc3c2)c2nc(-c3cccc(F)c3C(=O)O)c[nH]2)c1. The molecule has 38 heavy (non-hydrogen) atoms. The lowest BCUT2D eigenvalue weighted by molar-refractivity contribution is 0.0692. The van der Waals surface area contributed by atoms with Gasteiger partial charge in [0.15, 0.2) is 11.6 Å². The number of pyridine rings is 1. The molecule has 2 aromatic heterocycles. The number of anilines is 2. The summed E-state index contributed by atoms with van der Waals surface area (Å²) in [4.78, 5) is 23.3. The number of aromatic nitrogens is 3. The Kier molecular flexibility index (Phi) is 6.38. The maximum Gasteiger partial charge on any atom is 0.339 e. The first kappa shape index (κ1) is 24.7. The zero-order chi connectivity index (χ0) is 27.0. The lowest BCUT2D eigenvalue weighted by Crippen LogP contribution is -2.16. The third-order valence-electron chi connectivity index (χ3n) is 6.34. The van der Waals surface area contributed by atoms with E-state index >= 15 is 4.39 Å². The molecule has 0 aliphatic carbocycles. The van der Waals surface area contributed by atoms with Gasteiger partial charge in [-0.1, -0.05) is 25.1 Å². The summed E-state index contributed by atoms with van der Waals surface area (Å²) in [5, 5.41) is 24.7. The summed E-state index contributed by atoms with van der Waals surface area (Å²) in [6, 6.07) is 13.1. The Morgan fingerprint density at radius 3 is 2.74 bits per heavy atom. The molecule has 1 atom stereocenters. The average molecular weight is 516 g/mol. The molecule has 0 bridgehead atoms. The first-order valence-electron chi connectivity index (χ1n) is 11.8. The molecule has 0 aliphatic rings. The number of carboxylic acid groups (broad SMARTS) is 1. The highest BCUT2D eigenvalue weighted by atomic mass is 19.1. The standard InChI is InChI=1S/C28H23F2N5O3/c1-2-14-10-19(24(30)22(36)11-14)25(34-16-6-7-17-15(12-16)8-9-32-26(17)31)27-33-13-21(35-27)18-4-3-5-20(29)23(18)28(37)38/h3-13,25,34,36H,2H2,1H3,(H2,31,32)(H,33,35)(H,37,38). The van der Waals surface area contributed by atoms with Gasteiger partial charge >= 0.3 is 5.97 Å². The van der Waals surface area contributed by atoms with Crippen LogP contribution in [0.1, 0.15) is 40.3 Å². The summed E-state index contributed by atoms with van der Waals surface area (Å²) >= 11 is 0. The summed E-state index contributed by atoms with van der Waals surface area (Å²) in [6.07, 6.45) is 3.56. The van der Waals surface area contributed by atoms with Crippen LogP contribution in [0.25, 0.3) is 22.0 Å². The number of carboxylic acids is 1. The molecule has 0 radical (unpaired) electrons. The molecule has 8 nitrogen and oxygen atoms in total. The normalized spacial score (nSPS) is 12.0. The zero-order valence-corrected chi connectivity index (χ0v) is 20.2. The maximum atomic E-state index is 15.3. The Morgan fingerprint density at radius 1 is 1.16 bits per heavy atom. The molecule has 5 rings (SSSR count). The molecule has 2 heterocycles. The number of nitrogens with two attached hydrogens (primary N) is 1. The van der Waals surface area contributed by atoms with E-state index < -0.39 is 35.0 Å². The zero-order valence-electron chi connectivity index (χ0n) is 20.2. The number of nitrogens with zero attached hydrogens (tertiary/aromatic N) is 2. The molecule has 0 saturated carbocycles. The number of nitrogens with one attached hydrogen (secondary N) is 2. The first-order chi connectivity index (χ1) is 18.3. The summed E-state index contributed by atoms with van der Waals surface area (Å²) < 4.78 is 29.7. The monoisotopic (exact) mass is 515 g/mol. The van der Waals surface area contributed by atoms with Gasteiger partial charge in [-0.05, 0) is 53.8 Å². The first-order valence-corrected chi connectivity index (χ1v) is 11.8. The van der Waals surface area contributed by atoms with E-state index in [0.717, 1.165) is 16.8 Å². The number of hydrogen-bond acceptors (Lipinski definition) is 6. The quantitative estimate of drug-likeness (QED) is 0.189. The predicted octanol–water partition coefficient (Wildman–Crippen LogP) is 5.65. The van der Waals surface area contributed by atoms with Gasteiger partial charge in [0.1, 0.15) is 29.1 Å². The fraction of sp³-hybridized carbons (Fsp3) is 0.107. The van der Waals surface area contributed by atoms with Crippen molar-refractivity contribution in [3.63, 3.8) is 0 Å². The minimum absolute atomic E-state index is 0.0676. The molecule has 0 spiro atoms. The van der Waals surface area contributed by atoms with Crippen molar-refractivity contribution in [1.29, 1.82) is 0 Å². The Labute approximate surface area is 215 Å². The number of rotatable bonds is 7. The van der Waals surface area contributed by atoms with Gasteiger partial charge in [0.05, 0.1) is 5.69 Å². The van der Waals surface area contributed by atoms with E-state index in [1.165, 1.54) is 24.4 Å². The third-order valence-corrected chi connectivity index (χ3v) is 6.34. The molecule has 192 valence electrons. The van der Waals surface area contributed by atoms with Crippen molar-refractivity contribution in [2.24, 2.45) is 0 Å². The van der Waals surface area contributed by atoms with Crippen molar-refractivity contribution in [1.82, 2.24) is 15.0 Å². The fourth-order valence-corrected chi connectivity index (χ4v) is 4.43. The van der Waals surface area contributed by atoms with E-state index in [2.05, 4.69) is 20.3 Å². The molecule has 6 N–H and O–H groups in total. The minimum Gasteiger partial charge on any atom is -0.505 e. The van der Waals surface area contributed by atoms with E-state index in [0.29, 0.717) is 23.5 Å². The van der Waals surface area contributed by atoms with Crippen LogP contribution in [-0.4, -0.2) is 31.1 Å². The molecule has 0 fully saturated rings. The fourth-order valence-electron chi connectivity index (χ4n) is 4.43. The molecule has 0 saturated heterocycles. The molecule has 1 unspecified atom stereocenters. The van der Waals surface area contributed by atoms with Crippen LogP contribution in [0.5, 0.6) is 5.75 Å². The molecular weight excluding hydrogens is 492 g/mol. The lowest BCUT2D eigenvalue weighted by Gasteiger charge is -2.21. The van der Waals surface area contributed by atoms with E-state index in [9.17, 15) is 19.4 Å². The van der Waals surface area contributed by atoms with Crippen molar-refractivity contribution in [3.8, 4) is 17.0 Å². The third kappa shape index (κ3) is 4.47. The van der Waals surface area contributed by atoms with Gasteiger partial charge in [-0.2, -0.15) is 0 Å². The summed E-state index contributed by atoms with van der Waals surface area (Å²) in [6.45, 7) is 1.88. The number of phenols is 1. The van der Waals surface area contributed by atoms with Crippen molar-refractivity contribution in [2.75, 3.05) is 11.1 Å².